The molecule has 1 atom stereocenters. The number of nitrogens with one attached hydrogen (secondary N) is 1. The predicted molar refractivity (Wildman–Crippen MR) is 109 cm³/mol. The van der Waals surface area contributed by atoms with E-state index in [1.807, 2.05) is 19.1 Å². The fraction of sp³-hybridized carbons (Fsp3) is 0.350. The molecule has 0 aliphatic rings. The molecule has 0 spiro atoms. The number of benzene rings is 2. The second-order valence-electron chi connectivity index (χ2n) is 6.48. The van der Waals surface area contributed by atoms with E-state index in [1.54, 1.807) is 44.4 Å². The molecule has 2 aromatic rings. The third kappa shape index (κ3) is 5.16. The smallest absolute Gasteiger partial charge is 0.243 e. The maximum atomic E-state index is 12.6. The summed E-state index contributed by atoms with van der Waals surface area (Å²) in [4.78, 5) is 12.6. The molecule has 0 saturated carbocycles. The van der Waals surface area contributed by atoms with Crippen LogP contribution in [-0.2, 0) is 21.4 Å². The Bertz CT molecular complexity index is 926. The van der Waals surface area contributed by atoms with Crippen molar-refractivity contribution in [3.63, 3.8) is 0 Å². The highest BCUT2D eigenvalue weighted by Gasteiger charge is 2.28. The van der Waals surface area contributed by atoms with Gasteiger partial charge in [-0.05, 0) is 43.7 Å². The number of ether oxygens (including phenoxy) is 2. The van der Waals surface area contributed by atoms with E-state index in [1.165, 1.54) is 7.11 Å². The van der Waals surface area contributed by atoms with Crippen LogP contribution in [0.3, 0.4) is 0 Å². The Labute approximate surface area is 166 Å². The number of carbonyl (C=O) groups excluding carboxylic acids is 1. The van der Waals surface area contributed by atoms with Gasteiger partial charge in [-0.2, -0.15) is 0 Å². The molecule has 28 heavy (non-hydrogen) atoms. The van der Waals surface area contributed by atoms with E-state index in [0.717, 1.165) is 21.7 Å². The lowest BCUT2D eigenvalue weighted by molar-refractivity contribution is -0.122. The van der Waals surface area contributed by atoms with Gasteiger partial charge in [0.1, 0.15) is 6.04 Å². The Kier molecular flexibility index (Phi) is 6.90. The second-order valence-corrected chi connectivity index (χ2v) is 8.34. The van der Waals surface area contributed by atoms with Crippen LogP contribution in [0.1, 0.15) is 18.1 Å². The maximum absolute atomic E-state index is 12.6. The normalized spacial score (nSPS) is 12.2. The molecular formula is C20H26N2O5S. The topological polar surface area (TPSA) is 84.9 Å². The third-order valence-electron chi connectivity index (χ3n) is 4.29. The molecule has 8 heteroatoms. The molecule has 0 heterocycles. The molecule has 1 amide bonds. The van der Waals surface area contributed by atoms with Gasteiger partial charge < -0.3 is 14.8 Å². The summed E-state index contributed by atoms with van der Waals surface area (Å²) in [6.45, 7) is 3.70. The molecule has 0 unspecified atom stereocenters. The van der Waals surface area contributed by atoms with Crippen LogP contribution < -0.4 is 19.1 Å². The SMILES string of the molecule is COc1ccc(CNC(=O)[C@@H](C)N(c2ccc(C)cc2)S(C)(=O)=O)cc1OC. The first kappa shape index (κ1) is 21.6. The van der Waals surface area contributed by atoms with Gasteiger partial charge in [-0.3, -0.25) is 9.10 Å². The molecule has 7 nitrogen and oxygen atoms in total. The fourth-order valence-electron chi connectivity index (χ4n) is 2.83. The molecule has 0 aliphatic carbocycles. The number of amides is 1. The first-order chi connectivity index (χ1) is 13.2. The summed E-state index contributed by atoms with van der Waals surface area (Å²) in [5.74, 6) is 0.745. The van der Waals surface area contributed by atoms with Crippen LogP contribution in [0, 0.1) is 6.92 Å². The molecule has 0 aromatic heterocycles. The predicted octanol–water partition coefficient (Wildman–Crippen LogP) is 2.48. The van der Waals surface area contributed by atoms with Crippen LogP contribution in [0.2, 0.25) is 0 Å². The Morgan fingerprint density at radius 2 is 1.68 bits per heavy atom. The number of hydrogen-bond acceptors (Lipinski definition) is 5. The summed E-state index contributed by atoms with van der Waals surface area (Å²) in [5.41, 5.74) is 2.25. The molecule has 0 fully saturated rings. The van der Waals surface area contributed by atoms with Gasteiger partial charge in [0.25, 0.3) is 0 Å². The Hall–Kier alpha value is -2.74. The maximum Gasteiger partial charge on any atom is 0.243 e. The standard InChI is InChI=1S/C20H26N2O5S/c1-14-6-9-17(10-7-14)22(28(5,24)25)15(2)20(23)21-13-16-8-11-18(26-3)19(12-16)27-4/h6-12,15H,13H2,1-5H3,(H,21,23)/t15-/m1/s1. The molecule has 0 aliphatic heterocycles. The minimum atomic E-state index is -3.64. The fourth-order valence-corrected chi connectivity index (χ4v) is 4.00. The quantitative estimate of drug-likeness (QED) is 0.728. The zero-order valence-electron chi connectivity index (χ0n) is 16.7. The molecule has 1 N–H and O–H groups in total. The Morgan fingerprint density at radius 1 is 1.07 bits per heavy atom. The van der Waals surface area contributed by atoms with Gasteiger partial charge in [-0.25, -0.2) is 8.42 Å². The Balaban J connectivity index is 2.16. The Morgan fingerprint density at radius 3 is 2.21 bits per heavy atom. The molecule has 0 radical (unpaired) electrons. The highest BCUT2D eigenvalue weighted by atomic mass is 32.2. The van der Waals surface area contributed by atoms with Crippen LogP contribution in [0.25, 0.3) is 0 Å². The summed E-state index contributed by atoms with van der Waals surface area (Å²) < 4.78 is 36.2. The number of methoxy groups -OCH3 is 2. The third-order valence-corrected chi connectivity index (χ3v) is 5.53. The van der Waals surface area contributed by atoms with Crippen LogP contribution in [-0.4, -0.2) is 40.8 Å². The van der Waals surface area contributed by atoms with E-state index >= 15 is 0 Å². The number of carbonyl (C=O) groups is 1. The summed E-state index contributed by atoms with van der Waals surface area (Å²) >= 11 is 0. The van der Waals surface area contributed by atoms with E-state index in [2.05, 4.69) is 5.32 Å². The average molecular weight is 407 g/mol. The zero-order chi connectivity index (χ0) is 20.9. The van der Waals surface area contributed by atoms with Gasteiger partial charge in [-0.15, -0.1) is 0 Å². The average Bonchev–Trinajstić information content (AvgIpc) is 2.66. The largest absolute Gasteiger partial charge is 0.493 e. The molecule has 0 bridgehead atoms. The van der Waals surface area contributed by atoms with Crippen molar-refractivity contribution in [3.05, 3.63) is 53.6 Å². The van der Waals surface area contributed by atoms with Crippen molar-refractivity contribution in [1.82, 2.24) is 5.32 Å². The van der Waals surface area contributed by atoms with Crippen LogP contribution in [0.15, 0.2) is 42.5 Å². The highest BCUT2D eigenvalue weighted by Crippen LogP contribution is 2.27. The summed E-state index contributed by atoms with van der Waals surface area (Å²) in [6.07, 6.45) is 1.09. The molecule has 0 saturated heterocycles. The lowest BCUT2D eigenvalue weighted by atomic mass is 10.2. The van der Waals surface area contributed by atoms with E-state index in [9.17, 15) is 13.2 Å². The van der Waals surface area contributed by atoms with Crippen LogP contribution in [0.5, 0.6) is 11.5 Å². The molecule has 152 valence electrons. The molecule has 2 aromatic carbocycles. The van der Waals surface area contributed by atoms with Crippen molar-refractivity contribution in [3.8, 4) is 11.5 Å². The number of nitrogens with zero attached hydrogens (tertiary/aromatic N) is 1. The lowest BCUT2D eigenvalue weighted by Gasteiger charge is -2.28. The van der Waals surface area contributed by atoms with Crippen LogP contribution >= 0.6 is 0 Å². The summed E-state index contributed by atoms with van der Waals surface area (Å²) in [5, 5.41) is 2.78. The number of anilines is 1. The monoisotopic (exact) mass is 406 g/mol. The minimum absolute atomic E-state index is 0.231. The van der Waals surface area contributed by atoms with Crippen molar-refractivity contribution in [2.75, 3.05) is 24.8 Å². The molecule has 2 rings (SSSR count). The van der Waals surface area contributed by atoms with Crippen LogP contribution in [0.4, 0.5) is 5.69 Å². The second kappa shape index (κ2) is 8.97. The van der Waals surface area contributed by atoms with Crippen molar-refractivity contribution >= 4 is 21.6 Å². The minimum Gasteiger partial charge on any atom is -0.493 e. The highest BCUT2D eigenvalue weighted by molar-refractivity contribution is 7.92. The first-order valence-electron chi connectivity index (χ1n) is 8.72. The van der Waals surface area contributed by atoms with Gasteiger partial charge in [0, 0.05) is 6.54 Å². The van der Waals surface area contributed by atoms with E-state index in [4.69, 9.17) is 9.47 Å². The van der Waals surface area contributed by atoms with Gasteiger partial charge >= 0.3 is 0 Å². The zero-order valence-corrected chi connectivity index (χ0v) is 17.5. The van der Waals surface area contributed by atoms with E-state index in [0.29, 0.717) is 17.2 Å². The van der Waals surface area contributed by atoms with Gasteiger partial charge in [0.2, 0.25) is 15.9 Å². The summed E-state index contributed by atoms with van der Waals surface area (Å²) in [7, 11) is -0.559. The lowest BCUT2D eigenvalue weighted by Crippen LogP contribution is -2.47. The number of sulfonamides is 1. The van der Waals surface area contributed by atoms with E-state index < -0.39 is 22.0 Å². The first-order valence-corrected chi connectivity index (χ1v) is 10.6. The number of aryl methyl sites for hydroxylation is 1. The van der Waals surface area contributed by atoms with Gasteiger partial charge in [-0.1, -0.05) is 23.8 Å². The number of hydrogen-bond donors (Lipinski definition) is 1. The number of rotatable bonds is 8. The van der Waals surface area contributed by atoms with Gasteiger partial charge in [0.15, 0.2) is 11.5 Å². The summed E-state index contributed by atoms with van der Waals surface area (Å²) in [6, 6.07) is 11.4. The van der Waals surface area contributed by atoms with Crippen molar-refractivity contribution in [1.29, 1.82) is 0 Å². The molecular weight excluding hydrogens is 380 g/mol. The van der Waals surface area contributed by atoms with Crippen molar-refractivity contribution in [2.45, 2.75) is 26.4 Å². The van der Waals surface area contributed by atoms with Crippen molar-refractivity contribution < 1.29 is 22.7 Å². The van der Waals surface area contributed by atoms with Crippen molar-refractivity contribution in [2.24, 2.45) is 0 Å². The van der Waals surface area contributed by atoms with Gasteiger partial charge in [0.05, 0.1) is 26.2 Å². The van der Waals surface area contributed by atoms with E-state index in [-0.39, 0.29) is 6.54 Å².